The Bertz CT molecular complexity index is 1080. The molecule has 3 rings (SSSR count). The molecular formula is C22H27N3O5S. The molecule has 2 N–H and O–H groups in total. The van der Waals surface area contributed by atoms with Gasteiger partial charge >= 0.3 is 5.97 Å². The third-order valence-electron chi connectivity index (χ3n) is 5.06. The standard InChI is InChI=1S/C22H27N3O5S/c1-5-30-22(27)16-6-11-21-19(13-16)20(12-14(2)25(21)15(3)26)23-17-7-9-18(10-8-17)24-31(4,28)29/h6-11,13-14,20,23-24H,5,12H2,1-4H3. The number of hydrogen-bond donors (Lipinski definition) is 2. The quantitative estimate of drug-likeness (QED) is 0.659. The van der Waals surface area contributed by atoms with Crippen molar-refractivity contribution in [3.05, 3.63) is 53.6 Å². The van der Waals surface area contributed by atoms with Crippen LogP contribution in [0.2, 0.25) is 0 Å². The first-order chi connectivity index (χ1) is 14.6. The summed E-state index contributed by atoms with van der Waals surface area (Å²) in [7, 11) is -3.35. The fraction of sp³-hybridized carbons (Fsp3) is 0.364. The van der Waals surface area contributed by atoms with Crippen molar-refractivity contribution in [3.8, 4) is 0 Å². The molecule has 8 nitrogen and oxygen atoms in total. The maximum Gasteiger partial charge on any atom is 0.338 e. The van der Waals surface area contributed by atoms with Crippen LogP contribution in [-0.4, -0.2) is 39.2 Å². The minimum absolute atomic E-state index is 0.0397. The molecule has 0 fully saturated rings. The SMILES string of the molecule is CCOC(=O)c1ccc2c(c1)C(Nc1ccc(NS(C)(=O)=O)cc1)CC(C)N2C(C)=O. The Hall–Kier alpha value is -3.07. The summed E-state index contributed by atoms with van der Waals surface area (Å²) >= 11 is 0. The fourth-order valence-corrected chi connectivity index (χ4v) is 4.44. The molecule has 1 aliphatic rings. The van der Waals surface area contributed by atoms with Crippen LogP contribution in [0.4, 0.5) is 17.1 Å². The van der Waals surface area contributed by atoms with Gasteiger partial charge in [-0.25, -0.2) is 13.2 Å². The Kier molecular flexibility index (Phi) is 6.54. The minimum atomic E-state index is -3.35. The van der Waals surface area contributed by atoms with Crippen molar-refractivity contribution >= 4 is 39.0 Å². The summed E-state index contributed by atoms with van der Waals surface area (Å²) in [5.74, 6) is -0.472. The van der Waals surface area contributed by atoms with Crippen LogP contribution >= 0.6 is 0 Å². The maximum atomic E-state index is 12.3. The van der Waals surface area contributed by atoms with Crippen LogP contribution in [0.25, 0.3) is 0 Å². The lowest BCUT2D eigenvalue weighted by molar-refractivity contribution is -0.117. The highest BCUT2D eigenvalue weighted by Gasteiger charge is 2.33. The van der Waals surface area contributed by atoms with E-state index in [0.29, 0.717) is 17.7 Å². The van der Waals surface area contributed by atoms with Gasteiger partial charge in [0.25, 0.3) is 0 Å². The molecule has 31 heavy (non-hydrogen) atoms. The van der Waals surface area contributed by atoms with Crippen molar-refractivity contribution in [2.45, 2.75) is 39.3 Å². The number of carbonyl (C=O) groups excluding carboxylic acids is 2. The highest BCUT2D eigenvalue weighted by atomic mass is 32.2. The van der Waals surface area contributed by atoms with Crippen molar-refractivity contribution in [3.63, 3.8) is 0 Å². The lowest BCUT2D eigenvalue weighted by Gasteiger charge is -2.39. The number of sulfonamides is 1. The Morgan fingerprint density at radius 3 is 2.35 bits per heavy atom. The van der Waals surface area contributed by atoms with Gasteiger partial charge < -0.3 is 15.0 Å². The van der Waals surface area contributed by atoms with E-state index in [9.17, 15) is 18.0 Å². The highest BCUT2D eigenvalue weighted by molar-refractivity contribution is 7.92. The van der Waals surface area contributed by atoms with Gasteiger partial charge in [0.05, 0.1) is 24.5 Å². The number of benzene rings is 2. The van der Waals surface area contributed by atoms with Crippen LogP contribution in [0.3, 0.4) is 0 Å². The number of nitrogens with one attached hydrogen (secondary N) is 2. The van der Waals surface area contributed by atoms with Crippen LogP contribution in [0, 0.1) is 0 Å². The van der Waals surface area contributed by atoms with Crippen LogP contribution in [0.15, 0.2) is 42.5 Å². The number of amides is 1. The van der Waals surface area contributed by atoms with Gasteiger partial charge in [-0.05, 0) is 68.3 Å². The summed E-state index contributed by atoms with van der Waals surface area (Å²) in [5, 5.41) is 3.45. The van der Waals surface area contributed by atoms with E-state index in [0.717, 1.165) is 23.2 Å². The molecule has 0 saturated heterocycles. The molecule has 2 unspecified atom stereocenters. The molecule has 0 saturated carbocycles. The first-order valence-corrected chi connectivity index (χ1v) is 11.9. The summed E-state index contributed by atoms with van der Waals surface area (Å²) in [6.07, 6.45) is 1.74. The molecule has 1 amide bonds. The van der Waals surface area contributed by atoms with E-state index in [2.05, 4.69) is 10.0 Å². The van der Waals surface area contributed by atoms with Gasteiger partial charge in [0.2, 0.25) is 15.9 Å². The lowest BCUT2D eigenvalue weighted by Crippen LogP contribution is -2.43. The first kappa shape index (κ1) is 22.6. The summed E-state index contributed by atoms with van der Waals surface area (Å²) in [6, 6.07) is 12.0. The largest absolute Gasteiger partial charge is 0.462 e. The average molecular weight is 446 g/mol. The number of carbonyl (C=O) groups is 2. The molecule has 166 valence electrons. The number of esters is 1. The molecule has 0 radical (unpaired) electrons. The zero-order valence-corrected chi connectivity index (χ0v) is 18.8. The molecule has 0 aliphatic carbocycles. The zero-order chi connectivity index (χ0) is 22.8. The Labute approximate surface area is 182 Å². The Morgan fingerprint density at radius 1 is 1.13 bits per heavy atom. The molecule has 2 aromatic rings. The molecular weight excluding hydrogens is 418 g/mol. The Balaban J connectivity index is 1.93. The van der Waals surface area contributed by atoms with E-state index in [-0.39, 0.29) is 24.6 Å². The average Bonchev–Trinajstić information content (AvgIpc) is 2.68. The second-order valence-electron chi connectivity index (χ2n) is 7.62. The van der Waals surface area contributed by atoms with E-state index in [4.69, 9.17) is 4.74 Å². The van der Waals surface area contributed by atoms with E-state index in [1.807, 2.05) is 6.92 Å². The van der Waals surface area contributed by atoms with Gasteiger partial charge in [0, 0.05) is 30.0 Å². The topological polar surface area (TPSA) is 105 Å². The number of fused-ring (bicyclic) bond motifs is 1. The van der Waals surface area contributed by atoms with Gasteiger partial charge in [0.15, 0.2) is 0 Å². The lowest BCUT2D eigenvalue weighted by atomic mass is 9.90. The van der Waals surface area contributed by atoms with Crippen molar-refractivity contribution < 1.29 is 22.7 Å². The molecule has 9 heteroatoms. The minimum Gasteiger partial charge on any atom is -0.462 e. The van der Waals surface area contributed by atoms with Crippen LogP contribution in [0.5, 0.6) is 0 Å². The van der Waals surface area contributed by atoms with Gasteiger partial charge in [-0.1, -0.05) is 0 Å². The van der Waals surface area contributed by atoms with E-state index in [1.54, 1.807) is 54.3 Å². The highest BCUT2D eigenvalue weighted by Crippen LogP contribution is 2.39. The van der Waals surface area contributed by atoms with E-state index in [1.165, 1.54) is 6.92 Å². The normalized spacial score (nSPS) is 18.1. The third kappa shape index (κ3) is 5.35. The van der Waals surface area contributed by atoms with Crippen molar-refractivity contribution in [2.24, 2.45) is 0 Å². The molecule has 2 aromatic carbocycles. The van der Waals surface area contributed by atoms with Gasteiger partial charge in [-0.15, -0.1) is 0 Å². The predicted octanol–water partition coefficient (Wildman–Crippen LogP) is 3.53. The number of ether oxygens (including phenoxy) is 1. The summed E-state index contributed by atoms with van der Waals surface area (Å²) in [6.45, 7) is 5.54. The van der Waals surface area contributed by atoms with Crippen molar-refractivity contribution in [1.29, 1.82) is 0 Å². The van der Waals surface area contributed by atoms with Gasteiger partial charge in [-0.3, -0.25) is 9.52 Å². The summed E-state index contributed by atoms with van der Waals surface area (Å²) < 4.78 is 30.4. The number of hydrogen-bond acceptors (Lipinski definition) is 6. The molecule has 1 aliphatic heterocycles. The second-order valence-corrected chi connectivity index (χ2v) is 9.36. The van der Waals surface area contributed by atoms with E-state index >= 15 is 0 Å². The maximum absolute atomic E-state index is 12.3. The third-order valence-corrected chi connectivity index (χ3v) is 5.67. The number of rotatable bonds is 6. The predicted molar refractivity (Wildman–Crippen MR) is 121 cm³/mol. The zero-order valence-electron chi connectivity index (χ0n) is 18.0. The molecule has 2 atom stereocenters. The van der Waals surface area contributed by atoms with E-state index < -0.39 is 16.0 Å². The summed E-state index contributed by atoms with van der Waals surface area (Å²) in [5.41, 5.74) is 3.28. The monoisotopic (exact) mass is 445 g/mol. The second kappa shape index (κ2) is 8.97. The number of anilines is 3. The van der Waals surface area contributed by atoms with Crippen molar-refractivity contribution in [2.75, 3.05) is 27.8 Å². The molecule has 0 spiro atoms. The molecule has 0 bridgehead atoms. The molecule has 1 heterocycles. The number of nitrogens with zero attached hydrogens (tertiary/aromatic N) is 1. The summed E-state index contributed by atoms with van der Waals surface area (Å²) in [4.78, 5) is 26.3. The smallest absolute Gasteiger partial charge is 0.338 e. The van der Waals surface area contributed by atoms with Crippen LogP contribution in [-0.2, 0) is 19.6 Å². The van der Waals surface area contributed by atoms with Crippen LogP contribution in [0.1, 0.15) is 49.2 Å². The molecule has 0 aromatic heterocycles. The van der Waals surface area contributed by atoms with Gasteiger partial charge in [-0.2, -0.15) is 0 Å². The first-order valence-electron chi connectivity index (χ1n) is 10.0. The van der Waals surface area contributed by atoms with Crippen molar-refractivity contribution in [1.82, 2.24) is 0 Å². The fourth-order valence-electron chi connectivity index (χ4n) is 3.87. The van der Waals surface area contributed by atoms with Gasteiger partial charge in [0.1, 0.15) is 0 Å². The Morgan fingerprint density at radius 2 is 1.77 bits per heavy atom. The van der Waals surface area contributed by atoms with Crippen LogP contribution < -0.4 is 14.9 Å².